The SMILES string of the molecule is CN(Cc1cccc(Cl)c1Cl)C(=O)C(CCS(C)(=O)=O)NC(=O)OCc1ccccc1. The van der Waals surface area contributed by atoms with Crippen molar-refractivity contribution in [3.05, 3.63) is 69.7 Å². The molecule has 10 heteroatoms. The van der Waals surface area contributed by atoms with Gasteiger partial charge in [0.1, 0.15) is 22.5 Å². The number of amides is 2. The van der Waals surface area contributed by atoms with Crippen LogP contribution >= 0.6 is 23.2 Å². The molecule has 0 saturated heterocycles. The van der Waals surface area contributed by atoms with Gasteiger partial charge in [-0.3, -0.25) is 4.79 Å². The summed E-state index contributed by atoms with van der Waals surface area (Å²) < 4.78 is 28.4. The summed E-state index contributed by atoms with van der Waals surface area (Å²) in [7, 11) is -1.81. The number of nitrogens with zero attached hydrogens (tertiary/aromatic N) is 1. The van der Waals surface area contributed by atoms with E-state index in [1.54, 1.807) is 30.3 Å². The zero-order valence-electron chi connectivity index (χ0n) is 17.2. The number of sulfone groups is 1. The van der Waals surface area contributed by atoms with Gasteiger partial charge in [0, 0.05) is 19.8 Å². The molecule has 2 amide bonds. The molecule has 0 spiro atoms. The average Bonchev–Trinajstić information content (AvgIpc) is 2.72. The number of hydrogen-bond donors (Lipinski definition) is 1. The van der Waals surface area contributed by atoms with E-state index in [9.17, 15) is 18.0 Å². The van der Waals surface area contributed by atoms with Crippen LogP contribution in [0.3, 0.4) is 0 Å². The zero-order valence-corrected chi connectivity index (χ0v) is 19.5. The van der Waals surface area contributed by atoms with Gasteiger partial charge in [0.25, 0.3) is 0 Å². The van der Waals surface area contributed by atoms with Gasteiger partial charge in [0.2, 0.25) is 5.91 Å². The van der Waals surface area contributed by atoms with Gasteiger partial charge in [-0.1, -0.05) is 65.7 Å². The minimum atomic E-state index is -3.34. The molecular weight excluding hydrogens is 463 g/mol. The van der Waals surface area contributed by atoms with Gasteiger partial charge in [-0.15, -0.1) is 0 Å². The van der Waals surface area contributed by atoms with Gasteiger partial charge in [-0.05, 0) is 23.6 Å². The van der Waals surface area contributed by atoms with E-state index in [0.717, 1.165) is 11.8 Å². The zero-order chi connectivity index (χ0) is 23.0. The summed E-state index contributed by atoms with van der Waals surface area (Å²) in [6, 6.07) is 13.0. The molecule has 7 nitrogen and oxygen atoms in total. The summed E-state index contributed by atoms with van der Waals surface area (Å²) in [5.41, 5.74) is 1.41. The highest BCUT2D eigenvalue weighted by molar-refractivity contribution is 7.90. The Morgan fingerprint density at radius 3 is 2.42 bits per heavy atom. The first-order valence-corrected chi connectivity index (χ1v) is 12.2. The van der Waals surface area contributed by atoms with Crippen LogP contribution in [-0.2, 0) is 32.5 Å². The molecule has 1 atom stereocenters. The molecule has 0 bridgehead atoms. The van der Waals surface area contributed by atoms with Crippen LogP contribution in [0.5, 0.6) is 0 Å². The van der Waals surface area contributed by atoms with Gasteiger partial charge in [0.05, 0.1) is 15.8 Å². The standard InChI is InChI=1S/C21H24Cl2N2O5S/c1-25(13-16-9-6-10-17(22)19(16)23)20(26)18(11-12-31(2,28)29)24-21(27)30-14-15-7-4-3-5-8-15/h3-10,18H,11-14H2,1-2H3,(H,24,27). The smallest absolute Gasteiger partial charge is 0.408 e. The van der Waals surface area contributed by atoms with Crippen LogP contribution in [0, 0.1) is 0 Å². The molecule has 0 aromatic heterocycles. The molecule has 168 valence electrons. The molecule has 0 aliphatic heterocycles. The molecule has 0 aliphatic rings. The minimum Gasteiger partial charge on any atom is -0.445 e. The fourth-order valence-corrected chi connectivity index (χ4v) is 3.81. The Balaban J connectivity index is 2.06. The van der Waals surface area contributed by atoms with Crippen molar-refractivity contribution in [2.75, 3.05) is 19.1 Å². The molecule has 0 saturated carbocycles. The quantitative estimate of drug-likeness (QED) is 0.583. The lowest BCUT2D eigenvalue weighted by Gasteiger charge is -2.25. The number of carbonyl (C=O) groups excluding carboxylic acids is 2. The number of halogens is 2. The number of likely N-dealkylation sites (N-methyl/N-ethyl adjacent to an activating group) is 1. The first-order chi connectivity index (χ1) is 14.6. The van der Waals surface area contributed by atoms with Gasteiger partial charge in [-0.2, -0.15) is 0 Å². The number of nitrogens with one attached hydrogen (secondary N) is 1. The van der Waals surface area contributed by atoms with Crippen molar-refractivity contribution in [3.8, 4) is 0 Å². The van der Waals surface area contributed by atoms with Crippen LogP contribution in [0.2, 0.25) is 10.0 Å². The van der Waals surface area contributed by atoms with E-state index < -0.39 is 27.9 Å². The molecule has 0 heterocycles. The molecule has 2 aromatic rings. The van der Waals surface area contributed by atoms with Gasteiger partial charge in [-0.25, -0.2) is 13.2 Å². The highest BCUT2D eigenvalue weighted by Gasteiger charge is 2.26. The van der Waals surface area contributed by atoms with Crippen LogP contribution in [0.1, 0.15) is 17.5 Å². The lowest BCUT2D eigenvalue weighted by Crippen LogP contribution is -2.48. The maximum atomic E-state index is 13.0. The van der Waals surface area contributed by atoms with Crippen LogP contribution in [0.25, 0.3) is 0 Å². The van der Waals surface area contributed by atoms with Crippen LogP contribution in [-0.4, -0.2) is 50.4 Å². The number of rotatable bonds is 9. The van der Waals surface area contributed by atoms with E-state index in [-0.39, 0.29) is 25.3 Å². The minimum absolute atomic E-state index is 0.0215. The van der Waals surface area contributed by atoms with Crippen molar-refractivity contribution in [3.63, 3.8) is 0 Å². The molecule has 0 radical (unpaired) electrons. The second kappa shape index (κ2) is 11.4. The van der Waals surface area contributed by atoms with Crippen molar-refractivity contribution >= 4 is 45.0 Å². The Hall–Kier alpha value is -2.29. The molecule has 31 heavy (non-hydrogen) atoms. The van der Waals surface area contributed by atoms with Crippen molar-refractivity contribution in [1.29, 1.82) is 0 Å². The van der Waals surface area contributed by atoms with Crippen molar-refractivity contribution < 1.29 is 22.7 Å². The van der Waals surface area contributed by atoms with Crippen LogP contribution in [0.15, 0.2) is 48.5 Å². The second-order valence-electron chi connectivity index (χ2n) is 7.08. The summed E-state index contributed by atoms with van der Waals surface area (Å²) >= 11 is 12.2. The Morgan fingerprint density at radius 1 is 1.10 bits per heavy atom. The molecule has 2 aromatic carbocycles. The fourth-order valence-electron chi connectivity index (χ4n) is 2.77. The highest BCUT2D eigenvalue weighted by atomic mass is 35.5. The molecular formula is C21H24Cl2N2O5S. The molecule has 1 N–H and O–H groups in total. The predicted molar refractivity (Wildman–Crippen MR) is 121 cm³/mol. The van der Waals surface area contributed by atoms with Crippen molar-refractivity contribution in [2.45, 2.75) is 25.6 Å². The lowest BCUT2D eigenvalue weighted by atomic mass is 10.1. The maximum Gasteiger partial charge on any atom is 0.408 e. The molecule has 2 rings (SSSR count). The van der Waals surface area contributed by atoms with Crippen molar-refractivity contribution in [2.24, 2.45) is 0 Å². The highest BCUT2D eigenvalue weighted by Crippen LogP contribution is 2.26. The molecule has 0 fully saturated rings. The van der Waals surface area contributed by atoms with Gasteiger partial charge < -0.3 is 15.0 Å². The van der Waals surface area contributed by atoms with E-state index in [1.807, 2.05) is 18.2 Å². The maximum absolute atomic E-state index is 13.0. The first kappa shape index (κ1) is 25.0. The number of carbonyl (C=O) groups is 2. The average molecular weight is 487 g/mol. The Morgan fingerprint density at radius 2 is 1.77 bits per heavy atom. The first-order valence-electron chi connectivity index (χ1n) is 9.39. The summed E-state index contributed by atoms with van der Waals surface area (Å²) in [5, 5.41) is 3.16. The van der Waals surface area contributed by atoms with Gasteiger partial charge in [0.15, 0.2) is 0 Å². The normalized spacial score (nSPS) is 12.1. The van der Waals surface area contributed by atoms with Crippen LogP contribution < -0.4 is 5.32 Å². The van der Waals surface area contributed by atoms with Gasteiger partial charge >= 0.3 is 6.09 Å². The monoisotopic (exact) mass is 486 g/mol. The number of hydrogen-bond acceptors (Lipinski definition) is 5. The lowest BCUT2D eigenvalue weighted by molar-refractivity contribution is -0.132. The largest absolute Gasteiger partial charge is 0.445 e. The van der Waals surface area contributed by atoms with E-state index >= 15 is 0 Å². The predicted octanol–water partition coefficient (Wildman–Crippen LogP) is 3.68. The fraction of sp³-hybridized carbons (Fsp3) is 0.333. The Bertz CT molecular complexity index is 1020. The number of ether oxygens (including phenoxy) is 1. The molecule has 0 aliphatic carbocycles. The Labute approximate surface area is 192 Å². The molecule has 1 unspecified atom stereocenters. The number of benzene rings is 2. The Kier molecular flexibility index (Phi) is 9.15. The summed E-state index contributed by atoms with van der Waals surface area (Å²) in [4.78, 5) is 26.5. The third kappa shape index (κ3) is 8.40. The third-order valence-electron chi connectivity index (χ3n) is 4.40. The summed E-state index contributed by atoms with van der Waals surface area (Å²) in [6.07, 6.45) is 0.161. The van der Waals surface area contributed by atoms with Crippen molar-refractivity contribution in [1.82, 2.24) is 10.2 Å². The summed E-state index contributed by atoms with van der Waals surface area (Å²) in [6.45, 7) is 0.155. The van der Waals surface area contributed by atoms with E-state index in [0.29, 0.717) is 15.6 Å². The second-order valence-corrected chi connectivity index (χ2v) is 10.1. The van der Waals surface area contributed by atoms with Crippen LogP contribution in [0.4, 0.5) is 4.79 Å². The topological polar surface area (TPSA) is 92.8 Å². The number of alkyl carbamates (subject to hydrolysis) is 1. The van der Waals surface area contributed by atoms with E-state index in [1.165, 1.54) is 11.9 Å². The van der Waals surface area contributed by atoms with E-state index in [4.69, 9.17) is 27.9 Å². The van der Waals surface area contributed by atoms with E-state index in [2.05, 4.69) is 5.32 Å². The third-order valence-corrected chi connectivity index (χ3v) is 6.23. The summed E-state index contributed by atoms with van der Waals surface area (Å²) in [5.74, 6) is -0.745.